The predicted molar refractivity (Wildman–Crippen MR) is 144 cm³/mol. The lowest BCUT2D eigenvalue weighted by Crippen LogP contribution is -2.48. The van der Waals surface area contributed by atoms with E-state index < -0.39 is 0 Å². The molecule has 0 aliphatic carbocycles. The van der Waals surface area contributed by atoms with Gasteiger partial charge in [-0.15, -0.1) is 22.7 Å². The van der Waals surface area contributed by atoms with E-state index in [-0.39, 0.29) is 24.4 Å². The standard InChI is InChI=1S/C27H31ClN2O3S2/c1-18(2)8-11-29(27(32)25-5-4-13-34-25)16-26(31)30-12-9-24-21(10-14-35-24)23(30)17-33-20-6-7-22(28)19(3)15-20/h4-7,10,13-15,18,23H,8-9,11-12,16-17H2,1-3H3/t23-/m0/s1. The number of hydrogen-bond donors (Lipinski definition) is 0. The van der Waals surface area contributed by atoms with Crippen molar-refractivity contribution < 1.29 is 14.3 Å². The molecule has 1 aliphatic rings. The van der Waals surface area contributed by atoms with Crippen LogP contribution in [0.3, 0.4) is 0 Å². The molecule has 0 spiro atoms. The lowest BCUT2D eigenvalue weighted by molar-refractivity contribution is -0.135. The normalized spacial score (nSPS) is 15.2. The Morgan fingerprint density at radius 3 is 2.74 bits per heavy atom. The van der Waals surface area contributed by atoms with Crippen molar-refractivity contribution in [3.05, 3.63) is 73.1 Å². The Kier molecular flexibility index (Phi) is 8.52. The number of carbonyl (C=O) groups is 2. The first-order valence-electron chi connectivity index (χ1n) is 11.9. The number of benzene rings is 1. The summed E-state index contributed by atoms with van der Waals surface area (Å²) in [6.45, 7) is 7.79. The number of halogens is 1. The van der Waals surface area contributed by atoms with Gasteiger partial charge in [0, 0.05) is 23.0 Å². The zero-order chi connectivity index (χ0) is 24.9. The monoisotopic (exact) mass is 530 g/mol. The first-order valence-corrected chi connectivity index (χ1v) is 14.0. The van der Waals surface area contributed by atoms with Gasteiger partial charge in [-0.25, -0.2) is 0 Å². The van der Waals surface area contributed by atoms with E-state index >= 15 is 0 Å². The second kappa shape index (κ2) is 11.6. The molecule has 1 atom stereocenters. The molecule has 186 valence electrons. The van der Waals surface area contributed by atoms with Crippen molar-refractivity contribution in [1.29, 1.82) is 0 Å². The van der Waals surface area contributed by atoms with Gasteiger partial charge in [0.05, 0.1) is 10.9 Å². The fraction of sp³-hybridized carbons (Fsp3) is 0.407. The van der Waals surface area contributed by atoms with Crippen LogP contribution in [-0.4, -0.2) is 47.9 Å². The zero-order valence-corrected chi connectivity index (χ0v) is 22.7. The summed E-state index contributed by atoms with van der Waals surface area (Å²) >= 11 is 9.30. The lowest BCUT2D eigenvalue weighted by Gasteiger charge is -2.37. The van der Waals surface area contributed by atoms with Gasteiger partial charge in [-0.3, -0.25) is 9.59 Å². The van der Waals surface area contributed by atoms with Crippen LogP contribution in [0.25, 0.3) is 0 Å². The molecule has 0 bridgehead atoms. The molecule has 0 N–H and O–H groups in total. The van der Waals surface area contributed by atoms with Gasteiger partial charge in [0.1, 0.15) is 18.9 Å². The highest BCUT2D eigenvalue weighted by atomic mass is 35.5. The average molecular weight is 531 g/mol. The minimum absolute atomic E-state index is 0.0450. The van der Waals surface area contributed by atoms with Gasteiger partial charge >= 0.3 is 0 Å². The highest BCUT2D eigenvalue weighted by Crippen LogP contribution is 2.34. The Labute approximate surface area is 220 Å². The Morgan fingerprint density at radius 2 is 2.03 bits per heavy atom. The minimum atomic E-state index is -0.197. The van der Waals surface area contributed by atoms with E-state index in [2.05, 4.69) is 25.3 Å². The van der Waals surface area contributed by atoms with Crippen molar-refractivity contribution in [2.24, 2.45) is 5.92 Å². The Balaban J connectivity index is 1.52. The topological polar surface area (TPSA) is 49.9 Å². The largest absolute Gasteiger partial charge is 0.491 e. The zero-order valence-electron chi connectivity index (χ0n) is 20.3. The van der Waals surface area contributed by atoms with E-state index in [9.17, 15) is 9.59 Å². The minimum Gasteiger partial charge on any atom is -0.491 e. The maximum atomic E-state index is 13.6. The van der Waals surface area contributed by atoms with Crippen LogP contribution < -0.4 is 4.74 Å². The molecule has 3 aromatic rings. The molecule has 2 amide bonds. The van der Waals surface area contributed by atoms with Gasteiger partial charge in [0.2, 0.25) is 5.91 Å². The fourth-order valence-corrected chi connectivity index (χ4v) is 5.97. The van der Waals surface area contributed by atoms with Gasteiger partial charge < -0.3 is 14.5 Å². The van der Waals surface area contributed by atoms with Gasteiger partial charge in [0.15, 0.2) is 0 Å². The highest BCUT2D eigenvalue weighted by Gasteiger charge is 2.33. The fourth-order valence-electron chi connectivity index (χ4n) is 4.23. The smallest absolute Gasteiger partial charge is 0.264 e. The molecule has 0 radical (unpaired) electrons. The first kappa shape index (κ1) is 25.7. The summed E-state index contributed by atoms with van der Waals surface area (Å²) in [5.74, 6) is 1.05. The Morgan fingerprint density at radius 1 is 1.20 bits per heavy atom. The molecule has 8 heteroatoms. The van der Waals surface area contributed by atoms with Crippen molar-refractivity contribution in [3.8, 4) is 5.75 Å². The van der Waals surface area contributed by atoms with Crippen LogP contribution in [0.1, 0.15) is 52.0 Å². The van der Waals surface area contributed by atoms with E-state index in [4.69, 9.17) is 16.3 Å². The molecule has 5 nitrogen and oxygen atoms in total. The number of carbonyl (C=O) groups excluding carboxylic acids is 2. The van der Waals surface area contributed by atoms with Gasteiger partial charge in [-0.05, 0) is 77.9 Å². The summed E-state index contributed by atoms with van der Waals surface area (Å²) < 4.78 is 6.15. The summed E-state index contributed by atoms with van der Waals surface area (Å²) in [6, 6.07) is 11.2. The van der Waals surface area contributed by atoms with E-state index in [0.29, 0.717) is 35.5 Å². The number of nitrogens with zero attached hydrogens (tertiary/aromatic N) is 2. The maximum Gasteiger partial charge on any atom is 0.264 e. The third-order valence-corrected chi connectivity index (χ3v) is 8.55. The number of amides is 2. The third-order valence-electron chi connectivity index (χ3n) is 6.27. The van der Waals surface area contributed by atoms with E-state index in [1.165, 1.54) is 16.2 Å². The molecule has 0 saturated carbocycles. The molecule has 35 heavy (non-hydrogen) atoms. The molecule has 2 aromatic heterocycles. The Hall–Kier alpha value is -2.35. The molecule has 0 fully saturated rings. The number of aryl methyl sites for hydroxylation is 1. The molecule has 1 aromatic carbocycles. The van der Waals surface area contributed by atoms with Crippen molar-refractivity contribution in [2.75, 3.05) is 26.2 Å². The van der Waals surface area contributed by atoms with Crippen molar-refractivity contribution in [1.82, 2.24) is 9.80 Å². The third kappa shape index (κ3) is 6.26. The summed E-state index contributed by atoms with van der Waals surface area (Å²) in [4.78, 5) is 32.4. The van der Waals surface area contributed by atoms with Crippen LogP contribution in [0.2, 0.25) is 5.02 Å². The van der Waals surface area contributed by atoms with Gasteiger partial charge in [-0.1, -0.05) is 31.5 Å². The second-order valence-corrected chi connectivity index (χ2v) is 11.6. The first-order chi connectivity index (χ1) is 16.8. The van der Waals surface area contributed by atoms with Crippen LogP contribution in [0, 0.1) is 12.8 Å². The molecular formula is C27H31ClN2O3S2. The lowest BCUT2D eigenvalue weighted by atomic mass is 10.00. The van der Waals surface area contributed by atoms with Crippen molar-refractivity contribution >= 4 is 46.1 Å². The van der Waals surface area contributed by atoms with Crippen LogP contribution >= 0.6 is 34.3 Å². The summed E-state index contributed by atoms with van der Waals surface area (Å²) in [5.41, 5.74) is 2.09. The van der Waals surface area contributed by atoms with Crippen LogP contribution in [-0.2, 0) is 11.2 Å². The van der Waals surface area contributed by atoms with E-state index in [0.717, 1.165) is 29.7 Å². The average Bonchev–Trinajstić information content (AvgIpc) is 3.54. The molecule has 3 heterocycles. The summed E-state index contributed by atoms with van der Waals surface area (Å²) in [7, 11) is 0. The van der Waals surface area contributed by atoms with Crippen LogP contribution in [0.15, 0.2) is 47.2 Å². The van der Waals surface area contributed by atoms with E-state index in [1.807, 2.05) is 47.5 Å². The van der Waals surface area contributed by atoms with E-state index in [1.54, 1.807) is 16.2 Å². The number of thiophene rings is 2. The molecular weight excluding hydrogens is 500 g/mol. The molecule has 4 rings (SSSR count). The number of rotatable bonds is 9. The Bertz CT molecular complexity index is 1160. The van der Waals surface area contributed by atoms with Crippen molar-refractivity contribution in [3.63, 3.8) is 0 Å². The van der Waals surface area contributed by atoms with Crippen LogP contribution in [0.5, 0.6) is 5.75 Å². The number of ether oxygens (including phenoxy) is 1. The van der Waals surface area contributed by atoms with Gasteiger partial charge in [-0.2, -0.15) is 0 Å². The number of fused-ring (bicyclic) bond motifs is 1. The molecule has 0 unspecified atom stereocenters. The summed E-state index contributed by atoms with van der Waals surface area (Å²) in [6.07, 6.45) is 1.67. The SMILES string of the molecule is Cc1cc(OC[C@H]2c3ccsc3CCN2C(=O)CN(CCC(C)C)C(=O)c2cccs2)ccc1Cl. The second-order valence-electron chi connectivity index (χ2n) is 9.26. The van der Waals surface area contributed by atoms with Crippen LogP contribution in [0.4, 0.5) is 0 Å². The van der Waals surface area contributed by atoms with Crippen molar-refractivity contribution in [2.45, 2.75) is 39.7 Å². The maximum absolute atomic E-state index is 13.6. The summed E-state index contributed by atoms with van der Waals surface area (Å²) in [5, 5.41) is 4.67. The predicted octanol–water partition coefficient (Wildman–Crippen LogP) is 6.46. The number of hydrogen-bond acceptors (Lipinski definition) is 5. The van der Waals surface area contributed by atoms with Gasteiger partial charge in [0.25, 0.3) is 5.91 Å². The molecule has 1 aliphatic heterocycles. The molecule has 0 saturated heterocycles. The quantitative estimate of drug-likeness (QED) is 0.319. The highest BCUT2D eigenvalue weighted by molar-refractivity contribution is 7.12.